The van der Waals surface area contributed by atoms with Gasteiger partial charge in [0.15, 0.2) is 5.38 Å². The van der Waals surface area contributed by atoms with Crippen molar-refractivity contribution in [2.75, 3.05) is 24.5 Å². The summed E-state index contributed by atoms with van der Waals surface area (Å²) in [5, 5.41) is 10.8. The molecule has 2 atom stereocenters. The zero-order chi connectivity index (χ0) is 21.1. The van der Waals surface area contributed by atoms with Gasteiger partial charge in [-0.05, 0) is 42.5 Å². The molecule has 3 rings (SSSR count). The number of hydrogen-bond acceptors (Lipinski definition) is 6. The first-order valence-corrected chi connectivity index (χ1v) is 11.3. The van der Waals surface area contributed by atoms with Gasteiger partial charge in [0.25, 0.3) is 15.5 Å². The Balaban J connectivity index is 1.99. The van der Waals surface area contributed by atoms with Gasteiger partial charge in [0.05, 0.1) is 30.3 Å². The Labute approximate surface area is 171 Å². The molecule has 8 nitrogen and oxygen atoms in total. The van der Waals surface area contributed by atoms with Crippen molar-refractivity contribution in [1.29, 1.82) is 0 Å². The van der Waals surface area contributed by atoms with Crippen LogP contribution in [-0.4, -0.2) is 50.8 Å². The third-order valence-corrected chi connectivity index (χ3v) is 8.57. The lowest BCUT2D eigenvalue weighted by molar-refractivity contribution is 0.0416. The highest BCUT2D eigenvalue weighted by Crippen LogP contribution is 2.33. The summed E-state index contributed by atoms with van der Waals surface area (Å²) in [6.07, 6.45) is 7.38. The van der Waals surface area contributed by atoms with Crippen LogP contribution >= 0.6 is 10.7 Å². The maximum atomic E-state index is 13.4. The maximum Gasteiger partial charge on any atom is 0.335 e. The van der Waals surface area contributed by atoms with E-state index in [-0.39, 0.29) is 17.0 Å². The summed E-state index contributed by atoms with van der Waals surface area (Å²) in [4.78, 5) is 15.1. The predicted octanol–water partition coefficient (Wildman–Crippen LogP) is 2.73. The van der Waals surface area contributed by atoms with E-state index in [9.17, 15) is 13.2 Å². The monoisotopic (exact) mass is 437 g/mol. The molecule has 0 fully saturated rings. The lowest BCUT2D eigenvalue weighted by Crippen LogP contribution is -2.46. The standard InChI is InChI=1S/C19H20N2O6S2/c1-26-16-7-9-19(27-2,10-8-16)13-21(28-12-11-20-14-28)29(24,25)17-5-3-15(4-6-17)18(22)23/h3-9,11-12,14H,10,13H2,1-2H3/p+1. The number of thiazole rings is 1. The molecule has 1 aromatic carbocycles. The summed E-state index contributed by atoms with van der Waals surface area (Å²) in [5.41, 5.74) is 0.712. The number of aromatic carboxylic acids is 1. The number of methoxy groups -OCH3 is 2. The van der Waals surface area contributed by atoms with E-state index in [1.54, 1.807) is 36.3 Å². The van der Waals surface area contributed by atoms with Crippen LogP contribution in [0.2, 0.25) is 0 Å². The van der Waals surface area contributed by atoms with Crippen molar-refractivity contribution in [3.8, 4) is 0 Å². The second kappa shape index (κ2) is 8.46. The van der Waals surface area contributed by atoms with Gasteiger partial charge in [-0.25, -0.2) is 18.2 Å². The van der Waals surface area contributed by atoms with Crippen LogP contribution in [0.5, 0.6) is 0 Å². The summed E-state index contributed by atoms with van der Waals surface area (Å²) in [6.45, 7) is 0.0516. The van der Waals surface area contributed by atoms with E-state index >= 15 is 0 Å². The van der Waals surface area contributed by atoms with Gasteiger partial charge in [-0.15, -0.1) is 0 Å². The molecule has 1 N–H and O–H groups in total. The van der Waals surface area contributed by atoms with Crippen molar-refractivity contribution in [1.82, 2.24) is 4.98 Å². The Morgan fingerprint density at radius 1 is 1.31 bits per heavy atom. The Morgan fingerprint density at radius 2 is 2.03 bits per heavy atom. The molecular formula is C19H21N2O6S2+. The number of ether oxygens (including phenoxy) is 2. The molecular weight excluding hydrogens is 416 g/mol. The van der Waals surface area contributed by atoms with E-state index in [1.165, 1.54) is 35.1 Å². The highest BCUT2D eigenvalue weighted by molar-refractivity contribution is 7.96. The summed E-state index contributed by atoms with van der Waals surface area (Å²) < 4.78 is 39.1. The van der Waals surface area contributed by atoms with Crippen molar-refractivity contribution in [3.63, 3.8) is 0 Å². The van der Waals surface area contributed by atoms with Crippen LogP contribution in [-0.2, 0) is 19.5 Å². The molecule has 10 heteroatoms. The number of aromatic nitrogens is 1. The summed E-state index contributed by atoms with van der Waals surface area (Å²) in [6, 6.07) is 5.14. The van der Waals surface area contributed by atoms with Crippen LogP contribution in [0.4, 0.5) is 0 Å². The largest absolute Gasteiger partial charge is 0.497 e. The number of hydrogen-bond donors (Lipinski definition) is 1. The fourth-order valence-electron chi connectivity index (χ4n) is 2.86. The number of carbonyl (C=O) groups is 1. The number of rotatable bonds is 8. The minimum Gasteiger partial charge on any atom is -0.497 e. The van der Waals surface area contributed by atoms with E-state index in [0.717, 1.165) is 0 Å². The van der Waals surface area contributed by atoms with Crippen molar-refractivity contribution in [3.05, 3.63) is 70.9 Å². The van der Waals surface area contributed by atoms with Gasteiger partial charge in [-0.1, -0.05) is 0 Å². The molecule has 0 spiro atoms. The zero-order valence-electron chi connectivity index (χ0n) is 15.9. The fraction of sp³-hybridized carbons (Fsp3) is 0.263. The van der Waals surface area contributed by atoms with Crippen LogP contribution < -0.4 is 3.71 Å². The van der Waals surface area contributed by atoms with E-state index in [2.05, 4.69) is 4.98 Å². The summed E-state index contributed by atoms with van der Waals surface area (Å²) >= 11 is 0. The fourth-order valence-corrected chi connectivity index (χ4v) is 6.46. The summed E-state index contributed by atoms with van der Waals surface area (Å²) in [5.74, 6) is -0.439. The van der Waals surface area contributed by atoms with Crippen LogP contribution in [0, 0.1) is 0 Å². The smallest absolute Gasteiger partial charge is 0.335 e. The van der Waals surface area contributed by atoms with E-state index in [1.807, 2.05) is 6.08 Å². The van der Waals surface area contributed by atoms with Gasteiger partial charge in [0, 0.05) is 17.2 Å². The Hall–Kier alpha value is -2.53. The van der Waals surface area contributed by atoms with Gasteiger partial charge in [0.2, 0.25) is 0 Å². The minimum atomic E-state index is -3.95. The Bertz CT molecular complexity index is 1030. The zero-order valence-corrected chi connectivity index (χ0v) is 17.5. The van der Waals surface area contributed by atoms with Gasteiger partial charge in [-0.2, -0.15) is 0 Å². The summed E-state index contributed by atoms with van der Waals surface area (Å²) in [7, 11) is -1.75. The molecule has 0 bridgehead atoms. The predicted molar refractivity (Wildman–Crippen MR) is 109 cm³/mol. The molecule has 2 aromatic rings. The highest BCUT2D eigenvalue weighted by Gasteiger charge is 2.42. The van der Waals surface area contributed by atoms with Crippen LogP contribution in [0.1, 0.15) is 16.8 Å². The SMILES string of the molecule is COC1=CCC(CN([s+]2ccnc2)S(=O)(=O)c2ccc(C(=O)O)cc2)(OC)C=C1. The van der Waals surface area contributed by atoms with Crippen molar-refractivity contribution in [2.45, 2.75) is 16.9 Å². The molecule has 0 saturated heterocycles. The molecule has 0 amide bonds. The molecule has 0 aliphatic heterocycles. The second-order valence-electron chi connectivity index (χ2n) is 6.30. The highest BCUT2D eigenvalue weighted by atomic mass is 32.3. The van der Waals surface area contributed by atoms with Crippen molar-refractivity contribution < 1.29 is 27.8 Å². The molecule has 1 aliphatic rings. The number of benzene rings is 1. The molecule has 1 aromatic heterocycles. The van der Waals surface area contributed by atoms with Crippen LogP contribution in [0.15, 0.2) is 70.2 Å². The van der Waals surface area contributed by atoms with Crippen molar-refractivity contribution in [2.24, 2.45) is 0 Å². The van der Waals surface area contributed by atoms with Gasteiger partial charge < -0.3 is 14.6 Å². The first-order valence-electron chi connectivity index (χ1n) is 8.58. The van der Waals surface area contributed by atoms with Crippen LogP contribution in [0.25, 0.3) is 0 Å². The molecule has 1 heterocycles. The van der Waals surface area contributed by atoms with Gasteiger partial charge in [0.1, 0.15) is 22.0 Å². The van der Waals surface area contributed by atoms with Gasteiger partial charge in [-0.3, -0.25) is 0 Å². The third kappa shape index (κ3) is 4.40. The number of carboxylic acids is 1. The van der Waals surface area contributed by atoms with E-state index in [0.29, 0.717) is 12.2 Å². The molecule has 0 saturated carbocycles. The number of allylic oxidation sites excluding steroid dienone is 1. The van der Waals surface area contributed by atoms with E-state index < -0.39 is 32.2 Å². The number of nitrogens with zero attached hydrogens (tertiary/aromatic N) is 2. The Kier molecular flexibility index (Phi) is 6.18. The normalized spacial score (nSPS) is 19.8. The molecule has 154 valence electrons. The first kappa shape index (κ1) is 21.2. The first-order chi connectivity index (χ1) is 13.8. The topological polar surface area (TPSA) is 106 Å². The lowest BCUT2D eigenvalue weighted by atomic mass is 9.94. The number of carboxylic acid groups (broad SMARTS) is 1. The molecule has 2 unspecified atom stereocenters. The number of sulfonamides is 1. The molecule has 0 radical (unpaired) electrons. The second-order valence-corrected chi connectivity index (χ2v) is 10.0. The lowest BCUT2D eigenvalue weighted by Gasteiger charge is -2.32. The third-order valence-electron chi connectivity index (χ3n) is 4.60. The van der Waals surface area contributed by atoms with E-state index in [4.69, 9.17) is 14.6 Å². The Morgan fingerprint density at radius 3 is 2.52 bits per heavy atom. The average molecular weight is 438 g/mol. The molecule has 1 aliphatic carbocycles. The average Bonchev–Trinajstić information content (AvgIpc) is 3.27. The van der Waals surface area contributed by atoms with Gasteiger partial charge >= 0.3 is 5.97 Å². The quantitative estimate of drug-likeness (QED) is 0.633. The van der Waals surface area contributed by atoms with Crippen LogP contribution in [0.3, 0.4) is 0 Å². The minimum absolute atomic E-state index is 0.00265. The maximum absolute atomic E-state index is 13.4. The van der Waals surface area contributed by atoms with Crippen molar-refractivity contribution >= 4 is 26.6 Å². The molecule has 29 heavy (non-hydrogen) atoms.